The first-order chi connectivity index (χ1) is 8.70. The zero-order valence-electron chi connectivity index (χ0n) is 10.1. The average Bonchev–Trinajstić information content (AvgIpc) is 2.86. The van der Waals surface area contributed by atoms with Gasteiger partial charge in [0.2, 0.25) is 5.13 Å². The maximum absolute atomic E-state index is 12.4. The molecular weight excluding hydrogens is 258 g/mol. The molecular formula is C11H18F2N4S. The van der Waals surface area contributed by atoms with E-state index in [2.05, 4.69) is 15.5 Å². The minimum Gasteiger partial charge on any atom is -0.356 e. The van der Waals surface area contributed by atoms with Gasteiger partial charge in [-0.15, -0.1) is 10.2 Å². The predicted molar refractivity (Wildman–Crippen MR) is 67.9 cm³/mol. The molecule has 1 saturated carbocycles. The molecule has 1 unspecified atom stereocenters. The molecule has 3 N–H and O–H groups in total. The number of hydrogen-bond donors (Lipinski definition) is 2. The van der Waals surface area contributed by atoms with Crippen LogP contribution in [0.3, 0.4) is 0 Å². The van der Waals surface area contributed by atoms with E-state index in [9.17, 15) is 8.78 Å². The second kappa shape index (κ2) is 6.38. The molecule has 1 fully saturated rings. The minimum absolute atomic E-state index is 0.115. The summed E-state index contributed by atoms with van der Waals surface area (Å²) in [7, 11) is 0. The Labute approximate surface area is 109 Å². The number of nitrogens with one attached hydrogen (secondary N) is 1. The molecule has 0 bridgehead atoms. The van der Waals surface area contributed by atoms with Gasteiger partial charge in [0.15, 0.2) is 5.01 Å². The van der Waals surface area contributed by atoms with Gasteiger partial charge in [-0.3, -0.25) is 0 Å². The summed E-state index contributed by atoms with van der Waals surface area (Å²) in [5, 5.41) is 10.6. The highest BCUT2D eigenvalue weighted by Gasteiger charge is 2.24. The quantitative estimate of drug-likeness (QED) is 0.868. The lowest BCUT2D eigenvalue weighted by atomic mass is 9.84. The number of halogens is 2. The van der Waals surface area contributed by atoms with Crippen molar-refractivity contribution in [1.82, 2.24) is 10.2 Å². The van der Waals surface area contributed by atoms with E-state index in [0.717, 1.165) is 24.2 Å². The van der Waals surface area contributed by atoms with Gasteiger partial charge >= 0.3 is 0 Å². The van der Waals surface area contributed by atoms with Crippen molar-refractivity contribution in [3.8, 4) is 0 Å². The Bertz CT molecular complexity index is 366. The lowest BCUT2D eigenvalue weighted by Gasteiger charge is -2.29. The lowest BCUT2D eigenvalue weighted by molar-refractivity contribution is 0.150. The third-order valence-corrected chi connectivity index (χ3v) is 4.27. The molecule has 1 aliphatic rings. The summed E-state index contributed by atoms with van der Waals surface area (Å²) in [6, 6.07) is 0.115. The summed E-state index contributed by atoms with van der Waals surface area (Å²) in [4.78, 5) is 0. The van der Waals surface area contributed by atoms with E-state index < -0.39 is 6.43 Å². The summed E-state index contributed by atoms with van der Waals surface area (Å²) in [5.74, 6) is 0.516. The van der Waals surface area contributed by atoms with Gasteiger partial charge in [0.1, 0.15) is 0 Å². The van der Waals surface area contributed by atoms with E-state index in [1.54, 1.807) is 0 Å². The minimum atomic E-state index is -2.55. The van der Waals surface area contributed by atoms with Crippen LogP contribution in [0.1, 0.15) is 43.5 Å². The summed E-state index contributed by atoms with van der Waals surface area (Å²) in [6.45, 7) is 0.494. The van der Waals surface area contributed by atoms with Gasteiger partial charge in [0.25, 0.3) is 6.43 Å². The van der Waals surface area contributed by atoms with Gasteiger partial charge < -0.3 is 11.1 Å². The highest BCUT2D eigenvalue weighted by atomic mass is 32.1. The number of nitrogens with two attached hydrogens (primary N) is 1. The van der Waals surface area contributed by atoms with Gasteiger partial charge in [-0.05, 0) is 18.8 Å². The van der Waals surface area contributed by atoms with Crippen LogP contribution in [0.5, 0.6) is 0 Å². The maximum atomic E-state index is 12.4. The Morgan fingerprint density at radius 1 is 1.28 bits per heavy atom. The number of aromatic nitrogens is 2. The van der Waals surface area contributed by atoms with Crippen molar-refractivity contribution in [3.05, 3.63) is 5.01 Å². The first kappa shape index (κ1) is 13.6. The normalized spacial score (nSPS) is 19.1. The number of hydrogen-bond acceptors (Lipinski definition) is 5. The predicted octanol–water partition coefficient (Wildman–Crippen LogP) is 2.80. The second-order valence-corrected chi connectivity index (χ2v) is 5.64. The van der Waals surface area contributed by atoms with Crippen LogP contribution < -0.4 is 11.1 Å². The van der Waals surface area contributed by atoms with Crippen molar-refractivity contribution in [2.75, 3.05) is 11.9 Å². The number of anilines is 1. The molecule has 0 radical (unpaired) electrons. The fourth-order valence-electron chi connectivity index (χ4n) is 2.45. The third kappa shape index (κ3) is 3.35. The monoisotopic (exact) mass is 276 g/mol. The van der Waals surface area contributed by atoms with Gasteiger partial charge in [-0.1, -0.05) is 30.6 Å². The molecule has 0 amide bonds. The molecule has 1 aliphatic carbocycles. The maximum Gasteiger partial charge on any atom is 0.291 e. The van der Waals surface area contributed by atoms with Gasteiger partial charge in [-0.25, -0.2) is 8.78 Å². The molecule has 0 aliphatic heterocycles. The molecule has 7 heteroatoms. The zero-order valence-corrected chi connectivity index (χ0v) is 10.9. The van der Waals surface area contributed by atoms with Gasteiger partial charge in [0, 0.05) is 12.6 Å². The molecule has 18 heavy (non-hydrogen) atoms. The van der Waals surface area contributed by atoms with E-state index in [4.69, 9.17) is 5.73 Å². The summed E-state index contributed by atoms with van der Waals surface area (Å²) >= 11 is 0.910. The van der Waals surface area contributed by atoms with Crippen molar-refractivity contribution in [3.63, 3.8) is 0 Å². The number of nitrogens with zero attached hydrogens (tertiary/aromatic N) is 2. The highest BCUT2D eigenvalue weighted by Crippen LogP contribution is 2.30. The Morgan fingerprint density at radius 3 is 2.56 bits per heavy atom. The molecule has 0 aromatic carbocycles. The van der Waals surface area contributed by atoms with E-state index in [1.165, 1.54) is 19.3 Å². The second-order valence-electron chi connectivity index (χ2n) is 4.63. The molecule has 1 heterocycles. The molecule has 0 saturated heterocycles. The summed E-state index contributed by atoms with van der Waals surface area (Å²) in [5.41, 5.74) is 5.76. The molecule has 1 aromatic rings. The van der Waals surface area contributed by atoms with Crippen LogP contribution in [0.4, 0.5) is 13.9 Å². The van der Waals surface area contributed by atoms with E-state index in [1.807, 2.05) is 0 Å². The van der Waals surface area contributed by atoms with Crippen molar-refractivity contribution in [2.45, 2.75) is 44.6 Å². The molecule has 4 nitrogen and oxygen atoms in total. The molecule has 2 rings (SSSR count). The number of alkyl halides is 2. The van der Waals surface area contributed by atoms with Crippen LogP contribution >= 0.6 is 11.3 Å². The standard InChI is InChI=1S/C11H18F2N4S/c12-9(13)10-16-17-11(18-10)15-8(6-14)7-4-2-1-3-5-7/h7-9H,1-6,14H2,(H,15,17). The average molecular weight is 276 g/mol. The van der Waals surface area contributed by atoms with E-state index in [-0.39, 0.29) is 11.0 Å². The smallest absolute Gasteiger partial charge is 0.291 e. The first-order valence-corrected chi connectivity index (χ1v) is 7.10. The van der Waals surface area contributed by atoms with Crippen LogP contribution in [0.25, 0.3) is 0 Å². The van der Waals surface area contributed by atoms with Crippen molar-refractivity contribution in [1.29, 1.82) is 0 Å². The molecule has 102 valence electrons. The first-order valence-electron chi connectivity index (χ1n) is 6.29. The van der Waals surface area contributed by atoms with Crippen LogP contribution in [0, 0.1) is 5.92 Å². The topological polar surface area (TPSA) is 63.8 Å². The fourth-order valence-corrected chi connectivity index (χ4v) is 3.11. The molecule has 1 aromatic heterocycles. The van der Waals surface area contributed by atoms with Gasteiger partial charge in [0.05, 0.1) is 0 Å². The Balaban J connectivity index is 1.95. The van der Waals surface area contributed by atoms with Crippen molar-refractivity contribution in [2.24, 2.45) is 11.7 Å². The van der Waals surface area contributed by atoms with Crippen LogP contribution in [0.15, 0.2) is 0 Å². The highest BCUT2D eigenvalue weighted by molar-refractivity contribution is 7.15. The van der Waals surface area contributed by atoms with Crippen LogP contribution in [0.2, 0.25) is 0 Å². The van der Waals surface area contributed by atoms with Crippen molar-refractivity contribution >= 4 is 16.5 Å². The summed E-state index contributed by atoms with van der Waals surface area (Å²) < 4.78 is 24.8. The Hall–Kier alpha value is -0.820. The van der Waals surface area contributed by atoms with Gasteiger partial charge in [-0.2, -0.15) is 0 Å². The van der Waals surface area contributed by atoms with Crippen molar-refractivity contribution < 1.29 is 8.78 Å². The van der Waals surface area contributed by atoms with Crippen LogP contribution in [-0.2, 0) is 0 Å². The largest absolute Gasteiger partial charge is 0.356 e. The molecule has 1 atom stereocenters. The SMILES string of the molecule is NCC(Nc1nnc(C(F)F)s1)C1CCCCC1. The zero-order chi connectivity index (χ0) is 13.0. The number of rotatable bonds is 5. The van der Waals surface area contributed by atoms with Crippen LogP contribution in [-0.4, -0.2) is 22.8 Å². The Kier molecular flexibility index (Phi) is 4.82. The Morgan fingerprint density at radius 2 is 2.00 bits per heavy atom. The van der Waals surface area contributed by atoms with E-state index in [0.29, 0.717) is 17.6 Å². The molecule has 0 spiro atoms. The summed E-state index contributed by atoms with van der Waals surface area (Å²) in [6.07, 6.45) is 3.47. The lowest BCUT2D eigenvalue weighted by Crippen LogP contribution is -2.37. The fraction of sp³-hybridized carbons (Fsp3) is 0.818. The van der Waals surface area contributed by atoms with E-state index >= 15 is 0 Å². The third-order valence-electron chi connectivity index (χ3n) is 3.41.